The number of pyridine rings is 1. The minimum atomic E-state index is -0.484. The fraction of sp³-hybridized carbons (Fsp3) is 0. The number of nitrogens with one attached hydrogen (secondary N) is 1. The Kier molecular flexibility index (Phi) is 3.34. The van der Waals surface area contributed by atoms with Crippen molar-refractivity contribution in [2.75, 3.05) is 11.1 Å². The van der Waals surface area contributed by atoms with Crippen molar-refractivity contribution in [2.24, 2.45) is 0 Å². The predicted octanol–water partition coefficient (Wildman–Crippen LogP) is 2.28. The fourth-order valence-electron chi connectivity index (χ4n) is 1.41. The van der Waals surface area contributed by atoms with E-state index in [1.54, 1.807) is 18.2 Å². The van der Waals surface area contributed by atoms with Gasteiger partial charge in [0.1, 0.15) is 5.75 Å². The monoisotopic (exact) mass is 263 g/mol. The van der Waals surface area contributed by atoms with Crippen LogP contribution in [0.2, 0.25) is 5.02 Å². The molecule has 1 aromatic heterocycles. The predicted molar refractivity (Wildman–Crippen MR) is 69.7 cm³/mol. The maximum absolute atomic E-state index is 11.9. The van der Waals surface area contributed by atoms with Gasteiger partial charge in [0.2, 0.25) is 0 Å². The Labute approximate surface area is 108 Å². The van der Waals surface area contributed by atoms with Crippen molar-refractivity contribution in [1.29, 1.82) is 0 Å². The number of nitrogen functional groups attached to an aromatic ring is 1. The lowest BCUT2D eigenvalue weighted by Gasteiger charge is -2.09. The van der Waals surface area contributed by atoms with E-state index in [2.05, 4.69) is 10.3 Å². The van der Waals surface area contributed by atoms with E-state index in [1.807, 2.05) is 0 Å². The molecule has 0 spiro atoms. The third-order valence-electron chi connectivity index (χ3n) is 2.32. The highest BCUT2D eigenvalue weighted by atomic mass is 35.5. The van der Waals surface area contributed by atoms with Crippen LogP contribution in [-0.4, -0.2) is 16.0 Å². The normalized spacial score (nSPS) is 10.1. The van der Waals surface area contributed by atoms with Crippen molar-refractivity contribution in [3.63, 3.8) is 0 Å². The van der Waals surface area contributed by atoms with Crippen LogP contribution in [0.3, 0.4) is 0 Å². The molecule has 18 heavy (non-hydrogen) atoms. The number of halogens is 1. The Hall–Kier alpha value is -2.27. The molecule has 0 aliphatic heterocycles. The Morgan fingerprint density at radius 1 is 1.39 bits per heavy atom. The SMILES string of the molecule is Nc1cccc(NC(=O)c2ccncc2O)c1Cl. The van der Waals surface area contributed by atoms with Crippen molar-refractivity contribution in [3.05, 3.63) is 47.2 Å². The summed E-state index contributed by atoms with van der Waals surface area (Å²) in [6.45, 7) is 0. The van der Waals surface area contributed by atoms with Gasteiger partial charge in [-0.25, -0.2) is 0 Å². The maximum atomic E-state index is 11.9. The maximum Gasteiger partial charge on any atom is 0.259 e. The first kappa shape index (κ1) is 12.2. The molecule has 0 unspecified atom stereocenters. The third-order valence-corrected chi connectivity index (χ3v) is 2.74. The molecule has 2 aromatic rings. The van der Waals surface area contributed by atoms with E-state index >= 15 is 0 Å². The molecule has 92 valence electrons. The molecule has 0 aliphatic rings. The van der Waals surface area contributed by atoms with Crippen molar-refractivity contribution >= 4 is 28.9 Å². The van der Waals surface area contributed by atoms with Crippen molar-refractivity contribution in [3.8, 4) is 5.75 Å². The summed E-state index contributed by atoms with van der Waals surface area (Å²) < 4.78 is 0. The van der Waals surface area contributed by atoms with Crippen LogP contribution in [0.15, 0.2) is 36.7 Å². The molecule has 0 bridgehead atoms. The molecule has 5 nitrogen and oxygen atoms in total. The number of benzene rings is 1. The first-order valence-corrected chi connectivity index (χ1v) is 5.45. The third kappa shape index (κ3) is 2.36. The Morgan fingerprint density at radius 3 is 2.89 bits per heavy atom. The van der Waals surface area contributed by atoms with Gasteiger partial charge in [0.05, 0.1) is 28.2 Å². The largest absolute Gasteiger partial charge is 0.505 e. The number of anilines is 2. The number of aromatic hydroxyl groups is 1. The highest BCUT2D eigenvalue weighted by Crippen LogP contribution is 2.28. The molecule has 4 N–H and O–H groups in total. The summed E-state index contributed by atoms with van der Waals surface area (Å²) in [6, 6.07) is 6.32. The molecule has 2 rings (SSSR count). The van der Waals surface area contributed by atoms with Crippen LogP contribution in [0.4, 0.5) is 11.4 Å². The fourth-order valence-corrected chi connectivity index (χ4v) is 1.59. The highest BCUT2D eigenvalue weighted by molar-refractivity contribution is 6.36. The number of hydrogen-bond acceptors (Lipinski definition) is 4. The van der Waals surface area contributed by atoms with Crippen LogP contribution in [0.1, 0.15) is 10.4 Å². The minimum absolute atomic E-state index is 0.114. The number of hydrogen-bond donors (Lipinski definition) is 3. The zero-order valence-electron chi connectivity index (χ0n) is 9.22. The Morgan fingerprint density at radius 2 is 2.17 bits per heavy atom. The van der Waals surface area contributed by atoms with E-state index in [-0.39, 0.29) is 16.3 Å². The molecule has 0 saturated carbocycles. The van der Waals surface area contributed by atoms with Gasteiger partial charge in [-0.1, -0.05) is 17.7 Å². The molecule has 1 heterocycles. The summed E-state index contributed by atoms with van der Waals surface area (Å²) in [5, 5.41) is 12.3. The van der Waals surface area contributed by atoms with Gasteiger partial charge in [-0.3, -0.25) is 9.78 Å². The summed E-state index contributed by atoms with van der Waals surface area (Å²) >= 11 is 5.95. The van der Waals surface area contributed by atoms with Crippen molar-refractivity contribution in [2.45, 2.75) is 0 Å². The van der Waals surface area contributed by atoms with Crippen LogP contribution < -0.4 is 11.1 Å². The molecule has 0 aliphatic carbocycles. The average Bonchev–Trinajstić information content (AvgIpc) is 2.35. The average molecular weight is 264 g/mol. The molecule has 0 radical (unpaired) electrons. The van der Waals surface area contributed by atoms with Gasteiger partial charge in [-0.2, -0.15) is 0 Å². The van der Waals surface area contributed by atoms with Crippen LogP contribution in [0.25, 0.3) is 0 Å². The van der Waals surface area contributed by atoms with E-state index in [9.17, 15) is 9.90 Å². The molecular weight excluding hydrogens is 254 g/mol. The Balaban J connectivity index is 2.27. The molecular formula is C12H10ClN3O2. The van der Waals surface area contributed by atoms with Crippen LogP contribution in [0.5, 0.6) is 5.75 Å². The first-order chi connectivity index (χ1) is 8.59. The molecule has 0 fully saturated rings. The molecule has 1 amide bonds. The van der Waals surface area contributed by atoms with Gasteiger partial charge in [0, 0.05) is 6.20 Å². The second-order valence-corrected chi connectivity index (χ2v) is 3.93. The smallest absolute Gasteiger partial charge is 0.259 e. The summed E-state index contributed by atoms with van der Waals surface area (Å²) in [5.74, 6) is -0.683. The van der Waals surface area contributed by atoms with Gasteiger partial charge in [-0.05, 0) is 18.2 Å². The van der Waals surface area contributed by atoms with Gasteiger partial charge in [-0.15, -0.1) is 0 Å². The number of aromatic nitrogens is 1. The number of carbonyl (C=O) groups excluding carboxylic acids is 1. The standard InChI is InChI=1S/C12H10ClN3O2/c13-11-8(14)2-1-3-9(11)16-12(18)7-4-5-15-6-10(7)17/h1-6,17H,14H2,(H,16,18). The van der Waals surface area contributed by atoms with Crippen LogP contribution in [0, 0.1) is 0 Å². The van der Waals surface area contributed by atoms with Crippen molar-refractivity contribution < 1.29 is 9.90 Å². The quantitative estimate of drug-likeness (QED) is 0.725. The molecule has 6 heteroatoms. The van der Waals surface area contributed by atoms with Gasteiger partial charge >= 0.3 is 0 Å². The van der Waals surface area contributed by atoms with E-state index in [1.165, 1.54) is 18.5 Å². The minimum Gasteiger partial charge on any atom is -0.505 e. The summed E-state index contributed by atoms with van der Waals surface area (Å²) in [7, 11) is 0. The molecule has 0 atom stereocenters. The summed E-state index contributed by atoms with van der Waals surface area (Å²) in [5.41, 5.74) is 6.49. The van der Waals surface area contributed by atoms with Crippen LogP contribution in [-0.2, 0) is 0 Å². The van der Waals surface area contributed by atoms with Gasteiger partial charge in [0.25, 0.3) is 5.91 Å². The number of nitrogens with zero attached hydrogens (tertiary/aromatic N) is 1. The Bertz CT molecular complexity index is 602. The van der Waals surface area contributed by atoms with Crippen LogP contribution >= 0.6 is 11.6 Å². The van der Waals surface area contributed by atoms with E-state index in [4.69, 9.17) is 17.3 Å². The lowest BCUT2D eigenvalue weighted by Crippen LogP contribution is -2.12. The van der Waals surface area contributed by atoms with Gasteiger partial charge in [0.15, 0.2) is 0 Å². The molecule has 1 aromatic carbocycles. The second-order valence-electron chi connectivity index (χ2n) is 3.56. The van der Waals surface area contributed by atoms with E-state index in [0.29, 0.717) is 11.4 Å². The summed E-state index contributed by atoms with van der Waals surface area (Å²) in [4.78, 5) is 15.6. The lowest BCUT2D eigenvalue weighted by atomic mass is 10.2. The highest BCUT2D eigenvalue weighted by Gasteiger charge is 2.13. The van der Waals surface area contributed by atoms with Gasteiger partial charge < -0.3 is 16.2 Å². The zero-order valence-corrected chi connectivity index (χ0v) is 9.98. The number of rotatable bonds is 2. The van der Waals surface area contributed by atoms with Crippen molar-refractivity contribution in [1.82, 2.24) is 4.98 Å². The lowest BCUT2D eigenvalue weighted by molar-refractivity contribution is 0.102. The van der Waals surface area contributed by atoms with E-state index < -0.39 is 5.91 Å². The number of carbonyl (C=O) groups is 1. The number of amides is 1. The second kappa shape index (κ2) is 4.93. The zero-order chi connectivity index (χ0) is 13.1. The number of nitrogens with two attached hydrogens (primary N) is 1. The molecule has 0 saturated heterocycles. The topological polar surface area (TPSA) is 88.2 Å². The summed E-state index contributed by atoms with van der Waals surface area (Å²) in [6.07, 6.45) is 2.60. The first-order valence-electron chi connectivity index (χ1n) is 5.08. The van der Waals surface area contributed by atoms with E-state index in [0.717, 1.165) is 0 Å².